The minimum atomic E-state index is -0.741. The molecule has 0 spiro atoms. The van der Waals surface area contributed by atoms with Gasteiger partial charge in [0.1, 0.15) is 0 Å². The van der Waals surface area contributed by atoms with E-state index in [1.54, 1.807) is 6.07 Å². The van der Waals surface area contributed by atoms with Gasteiger partial charge in [0.15, 0.2) is 0 Å². The van der Waals surface area contributed by atoms with Crippen LogP contribution in [0.5, 0.6) is 0 Å². The third kappa shape index (κ3) is 3.98. The van der Waals surface area contributed by atoms with Crippen LogP contribution in [-0.4, -0.2) is 16.7 Å². The van der Waals surface area contributed by atoms with Gasteiger partial charge in [-0.1, -0.05) is 19.1 Å². The first kappa shape index (κ1) is 13.9. The van der Waals surface area contributed by atoms with Crippen LogP contribution < -0.4 is 5.73 Å². The van der Waals surface area contributed by atoms with Crippen LogP contribution in [0.15, 0.2) is 18.2 Å². The molecule has 1 rings (SSSR count). The van der Waals surface area contributed by atoms with Gasteiger partial charge in [-0.2, -0.15) is 16.2 Å². The van der Waals surface area contributed by atoms with Crippen molar-refractivity contribution in [3.05, 3.63) is 39.7 Å². The van der Waals surface area contributed by atoms with Crippen molar-refractivity contribution in [3.63, 3.8) is 0 Å². The molecule has 1 atom stereocenters. The van der Waals surface area contributed by atoms with E-state index in [0.29, 0.717) is 11.3 Å². The Kier molecular flexibility index (Phi) is 5.37. The number of nitro groups is 1. The van der Waals surface area contributed by atoms with Crippen LogP contribution >= 0.6 is 11.8 Å². The number of benzene rings is 1. The van der Waals surface area contributed by atoms with E-state index in [-0.39, 0.29) is 6.04 Å². The summed E-state index contributed by atoms with van der Waals surface area (Å²) in [5.74, 6) is 0.384. The fraction of sp³-hybridized carbons (Fsp3) is 0.455. The van der Waals surface area contributed by atoms with Crippen LogP contribution in [0, 0.1) is 15.9 Å². The molecule has 1 aromatic rings. The molecule has 6 heteroatoms. The first-order valence-corrected chi connectivity index (χ1v) is 6.46. The third-order valence-corrected chi connectivity index (χ3v) is 3.55. The Morgan fingerprint density at radius 2 is 2.29 bits per heavy atom. The maximum absolute atomic E-state index is 13.6. The topological polar surface area (TPSA) is 69.2 Å². The first-order chi connectivity index (χ1) is 8.06. The quantitative estimate of drug-likeness (QED) is 0.629. The predicted molar refractivity (Wildman–Crippen MR) is 67.5 cm³/mol. The van der Waals surface area contributed by atoms with Crippen molar-refractivity contribution in [3.8, 4) is 0 Å². The van der Waals surface area contributed by atoms with Gasteiger partial charge in [0.2, 0.25) is 5.82 Å². The number of nitrogens with two attached hydrogens (primary N) is 1. The number of hydrogen-bond donors (Lipinski definition) is 1. The van der Waals surface area contributed by atoms with Crippen LogP contribution in [0.1, 0.15) is 18.9 Å². The summed E-state index contributed by atoms with van der Waals surface area (Å²) >= 11 is 1.49. The third-order valence-electron chi connectivity index (χ3n) is 2.37. The maximum Gasteiger partial charge on any atom is 0.305 e. The monoisotopic (exact) mass is 258 g/mol. The molecule has 0 aliphatic rings. The highest BCUT2D eigenvalue weighted by molar-refractivity contribution is 7.98. The Hall–Kier alpha value is -1.14. The van der Waals surface area contributed by atoms with Crippen molar-refractivity contribution in [1.29, 1.82) is 0 Å². The molecule has 4 nitrogen and oxygen atoms in total. The number of hydrogen-bond acceptors (Lipinski definition) is 4. The molecule has 17 heavy (non-hydrogen) atoms. The largest absolute Gasteiger partial charge is 0.327 e. The van der Waals surface area contributed by atoms with E-state index in [1.165, 1.54) is 23.9 Å². The Bertz CT molecular complexity index is 401. The molecule has 0 aliphatic carbocycles. The summed E-state index contributed by atoms with van der Waals surface area (Å²) in [4.78, 5) is 9.83. The van der Waals surface area contributed by atoms with E-state index < -0.39 is 16.4 Å². The molecule has 0 saturated carbocycles. The molecule has 0 fully saturated rings. The molecule has 0 aromatic heterocycles. The van der Waals surface area contributed by atoms with Crippen LogP contribution in [0.25, 0.3) is 0 Å². The molecular weight excluding hydrogens is 243 g/mol. The van der Waals surface area contributed by atoms with Gasteiger partial charge < -0.3 is 5.73 Å². The second kappa shape index (κ2) is 6.56. The number of nitro benzene ring substituents is 1. The van der Waals surface area contributed by atoms with Gasteiger partial charge in [0.05, 0.1) is 4.92 Å². The Morgan fingerprint density at radius 1 is 1.59 bits per heavy atom. The van der Waals surface area contributed by atoms with Gasteiger partial charge in [0, 0.05) is 29.2 Å². The van der Waals surface area contributed by atoms with Gasteiger partial charge in [-0.25, -0.2) is 0 Å². The molecule has 0 aliphatic heterocycles. The van der Waals surface area contributed by atoms with E-state index in [9.17, 15) is 14.5 Å². The van der Waals surface area contributed by atoms with Gasteiger partial charge in [0.25, 0.3) is 0 Å². The average Bonchev–Trinajstić information content (AvgIpc) is 2.30. The molecule has 0 amide bonds. The maximum atomic E-state index is 13.6. The van der Waals surface area contributed by atoms with Crippen molar-refractivity contribution >= 4 is 17.4 Å². The SMILES string of the molecule is CCC(N)CSCc1cccc([N+](=O)[O-])c1F. The Morgan fingerprint density at radius 3 is 2.88 bits per heavy atom. The lowest BCUT2D eigenvalue weighted by Gasteiger charge is -2.08. The smallest absolute Gasteiger partial charge is 0.305 e. The van der Waals surface area contributed by atoms with Gasteiger partial charge in [-0.05, 0) is 6.42 Å². The first-order valence-electron chi connectivity index (χ1n) is 5.31. The fourth-order valence-electron chi connectivity index (χ4n) is 1.26. The molecule has 94 valence electrons. The zero-order chi connectivity index (χ0) is 12.8. The minimum absolute atomic E-state index is 0.0850. The van der Waals surface area contributed by atoms with E-state index in [4.69, 9.17) is 5.73 Å². The van der Waals surface area contributed by atoms with E-state index in [0.717, 1.165) is 12.2 Å². The molecule has 1 aromatic carbocycles. The fourth-order valence-corrected chi connectivity index (χ4v) is 2.36. The molecule has 0 heterocycles. The summed E-state index contributed by atoms with van der Waals surface area (Å²) in [6.07, 6.45) is 0.865. The van der Waals surface area contributed by atoms with Gasteiger partial charge in [-0.15, -0.1) is 0 Å². The zero-order valence-corrected chi connectivity index (χ0v) is 10.4. The number of rotatable bonds is 6. The molecule has 1 unspecified atom stereocenters. The summed E-state index contributed by atoms with van der Waals surface area (Å²) in [5, 5.41) is 10.5. The number of nitrogens with zero attached hydrogens (tertiary/aromatic N) is 1. The van der Waals surface area contributed by atoms with Crippen LogP contribution in [0.2, 0.25) is 0 Å². The molecule has 0 radical (unpaired) electrons. The normalized spacial score (nSPS) is 12.4. The van der Waals surface area contributed by atoms with Crippen molar-refractivity contribution in [1.82, 2.24) is 0 Å². The van der Waals surface area contributed by atoms with E-state index >= 15 is 0 Å². The Balaban J connectivity index is 2.66. The molecule has 0 bridgehead atoms. The lowest BCUT2D eigenvalue weighted by Crippen LogP contribution is -2.21. The van der Waals surface area contributed by atoms with Crippen molar-refractivity contribution < 1.29 is 9.31 Å². The summed E-state index contributed by atoms with van der Waals surface area (Å²) in [7, 11) is 0. The van der Waals surface area contributed by atoms with E-state index in [2.05, 4.69) is 0 Å². The summed E-state index contributed by atoms with van der Waals surface area (Å²) < 4.78 is 13.6. The number of thioether (sulfide) groups is 1. The van der Waals surface area contributed by atoms with Crippen molar-refractivity contribution in [2.24, 2.45) is 5.73 Å². The highest BCUT2D eigenvalue weighted by Gasteiger charge is 2.16. The van der Waals surface area contributed by atoms with Crippen LogP contribution in [-0.2, 0) is 5.75 Å². The van der Waals surface area contributed by atoms with Crippen LogP contribution in [0.4, 0.5) is 10.1 Å². The average molecular weight is 258 g/mol. The van der Waals surface area contributed by atoms with Gasteiger partial charge in [-0.3, -0.25) is 10.1 Å². The zero-order valence-electron chi connectivity index (χ0n) is 9.56. The molecule has 0 saturated heterocycles. The summed E-state index contributed by atoms with van der Waals surface area (Å²) in [5.41, 5.74) is 5.62. The van der Waals surface area contributed by atoms with Crippen molar-refractivity contribution in [2.75, 3.05) is 5.75 Å². The Labute approximate surface area is 104 Å². The van der Waals surface area contributed by atoms with Gasteiger partial charge >= 0.3 is 5.69 Å². The predicted octanol–water partition coefficient (Wildman–Crippen LogP) is 2.70. The minimum Gasteiger partial charge on any atom is -0.327 e. The lowest BCUT2D eigenvalue weighted by molar-refractivity contribution is -0.387. The molecular formula is C11H15FN2O2S. The summed E-state index contributed by atoms with van der Waals surface area (Å²) in [6, 6.07) is 4.31. The second-order valence-corrected chi connectivity index (χ2v) is 4.72. The lowest BCUT2D eigenvalue weighted by atomic mass is 10.2. The highest BCUT2D eigenvalue weighted by Crippen LogP contribution is 2.23. The second-order valence-electron chi connectivity index (χ2n) is 3.69. The molecule has 2 N–H and O–H groups in total. The van der Waals surface area contributed by atoms with E-state index in [1.807, 2.05) is 6.92 Å². The highest BCUT2D eigenvalue weighted by atomic mass is 32.2. The van der Waals surface area contributed by atoms with Crippen LogP contribution in [0.3, 0.4) is 0 Å². The van der Waals surface area contributed by atoms with Crippen molar-refractivity contribution in [2.45, 2.75) is 25.1 Å². The number of halogens is 1. The standard InChI is InChI=1S/C11H15FN2O2S/c1-2-9(13)7-17-6-8-4-3-5-10(11(8)12)14(15)16/h3-5,9H,2,6-7,13H2,1H3. The summed E-state index contributed by atoms with van der Waals surface area (Å²) in [6.45, 7) is 1.99.